The summed E-state index contributed by atoms with van der Waals surface area (Å²) in [6, 6.07) is 22.1. The van der Waals surface area contributed by atoms with Crippen LogP contribution >= 0.6 is 11.8 Å². The van der Waals surface area contributed by atoms with Gasteiger partial charge in [-0.3, -0.25) is 9.59 Å². The van der Waals surface area contributed by atoms with Crippen LogP contribution in [0.2, 0.25) is 0 Å². The molecule has 1 aromatic heterocycles. The predicted octanol–water partition coefficient (Wildman–Crippen LogP) is 8.69. The predicted molar refractivity (Wildman–Crippen MR) is 174 cm³/mol. The fraction of sp³-hybridized carbons (Fsp3) is 0.417. The second-order valence-corrected chi connectivity index (χ2v) is 13.2. The Morgan fingerprint density at radius 3 is 2.30 bits per heavy atom. The zero-order valence-corrected chi connectivity index (χ0v) is 27.0. The van der Waals surface area contributed by atoms with Crippen molar-refractivity contribution in [2.24, 2.45) is 5.92 Å². The number of fused-ring (bicyclic) bond motifs is 1. The Kier molecular flexibility index (Phi) is 11.1. The number of rotatable bonds is 15. The molecule has 1 unspecified atom stereocenters. The van der Waals surface area contributed by atoms with Gasteiger partial charge >= 0.3 is 0 Å². The Morgan fingerprint density at radius 2 is 1.65 bits per heavy atom. The largest absolute Gasteiger partial charge is 0.493 e. The number of hydrogen-bond donors (Lipinski definition) is 0. The van der Waals surface area contributed by atoms with Crippen LogP contribution in [-0.4, -0.2) is 29.3 Å². The molecule has 7 heteroatoms. The van der Waals surface area contributed by atoms with E-state index >= 15 is 0 Å². The molecule has 43 heavy (non-hydrogen) atoms. The smallest absolute Gasteiger partial charge is 0.186 e. The summed E-state index contributed by atoms with van der Waals surface area (Å²) in [6.45, 7) is 12.8. The molecule has 4 aromatic rings. The molecule has 0 aliphatic carbocycles. The molecular formula is C36H43NO5S. The van der Waals surface area contributed by atoms with E-state index in [2.05, 4.69) is 56.3 Å². The molecule has 3 aromatic carbocycles. The second-order valence-electron chi connectivity index (χ2n) is 11.9. The molecule has 228 valence electrons. The lowest BCUT2D eigenvalue weighted by atomic mass is 9.80. The van der Waals surface area contributed by atoms with Gasteiger partial charge in [-0.05, 0) is 47.2 Å². The van der Waals surface area contributed by atoms with Gasteiger partial charge in [-0.2, -0.15) is 0 Å². The minimum Gasteiger partial charge on any atom is -0.493 e. The number of benzene rings is 3. The minimum atomic E-state index is -0.495. The number of hydrogen-bond acceptors (Lipinski definition) is 7. The molecule has 1 heterocycles. The first kappa shape index (κ1) is 32.3. The third kappa shape index (κ3) is 8.29. The summed E-state index contributed by atoms with van der Waals surface area (Å²) in [7, 11) is 0. The van der Waals surface area contributed by atoms with Gasteiger partial charge in [0.1, 0.15) is 11.5 Å². The summed E-state index contributed by atoms with van der Waals surface area (Å²) in [5.74, 6) is 1.44. The van der Waals surface area contributed by atoms with Crippen molar-refractivity contribution in [3.63, 3.8) is 0 Å². The van der Waals surface area contributed by atoms with Crippen LogP contribution < -0.4 is 9.47 Å². The number of Topliss-reactive ketones (excluding diaryl/α,β-unsaturated/α-hetero) is 1. The highest BCUT2D eigenvalue weighted by molar-refractivity contribution is 8.14. The van der Waals surface area contributed by atoms with Gasteiger partial charge in [-0.15, -0.1) is 0 Å². The molecule has 1 atom stereocenters. The van der Waals surface area contributed by atoms with Gasteiger partial charge < -0.3 is 14.0 Å². The standard InChI is InChI=1S/C36H43NO5S/c1-7-12-30-32(20-19-29-31(37-42-34(29)30)23-36(5,6)27-13-9-8-10-14-27)41-22-11-21-40-28-17-15-26(16-18-28)35(43-25(4)38)33(39)24(2)3/h8-10,13-20,24,35H,7,11-12,21-23H2,1-6H3. The molecule has 0 bridgehead atoms. The van der Waals surface area contributed by atoms with Crippen molar-refractivity contribution >= 4 is 33.6 Å². The van der Waals surface area contributed by atoms with E-state index in [0.29, 0.717) is 25.4 Å². The van der Waals surface area contributed by atoms with Crippen LogP contribution in [0, 0.1) is 5.92 Å². The molecule has 0 fully saturated rings. The third-order valence-electron chi connectivity index (χ3n) is 7.55. The van der Waals surface area contributed by atoms with Gasteiger partial charge in [-0.25, -0.2) is 0 Å². The molecule has 4 rings (SSSR count). The van der Waals surface area contributed by atoms with Gasteiger partial charge in [0.2, 0.25) is 0 Å². The zero-order valence-electron chi connectivity index (χ0n) is 26.1. The maximum Gasteiger partial charge on any atom is 0.186 e. The number of thioether (sulfide) groups is 1. The Balaban J connectivity index is 1.35. The average Bonchev–Trinajstić information content (AvgIpc) is 3.39. The highest BCUT2D eigenvalue weighted by Gasteiger charge is 2.26. The monoisotopic (exact) mass is 601 g/mol. The number of ketones is 1. The van der Waals surface area contributed by atoms with E-state index in [-0.39, 0.29) is 22.2 Å². The summed E-state index contributed by atoms with van der Waals surface area (Å²) in [5, 5.41) is 4.97. The van der Waals surface area contributed by atoms with Crippen molar-refractivity contribution in [2.45, 2.75) is 77.9 Å². The second kappa shape index (κ2) is 14.7. The van der Waals surface area contributed by atoms with Crippen molar-refractivity contribution in [3.05, 3.63) is 89.1 Å². The lowest BCUT2D eigenvalue weighted by Crippen LogP contribution is -2.20. The Morgan fingerprint density at radius 1 is 0.953 bits per heavy atom. The lowest BCUT2D eigenvalue weighted by molar-refractivity contribution is -0.121. The molecule has 0 aliphatic rings. The number of carbonyl (C=O) groups excluding carboxylic acids is 2. The number of ether oxygens (including phenoxy) is 2. The van der Waals surface area contributed by atoms with Crippen LogP contribution in [0.25, 0.3) is 11.0 Å². The number of carbonyl (C=O) groups is 2. The highest BCUT2D eigenvalue weighted by Crippen LogP contribution is 2.36. The molecule has 6 nitrogen and oxygen atoms in total. The van der Waals surface area contributed by atoms with Crippen LogP contribution in [-0.2, 0) is 27.8 Å². The highest BCUT2D eigenvalue weighted by atomic mass is 32.2. The van der Waals surface area contributed by atoms with Crippen molar-refractivity contribution in [2.75, 3.05) is 13.2 Å². The van der Waals surface area contributed by atoms with Crippen LogP contribution in [0.5, 0.6) is 11.5 Å². The third-order valence-corrected chi connectivity index (χ3v) is 8.62. The topological polar surface area (TPSA) is 78.6 Å². The first-order chi connectivity index (χ1) is 20.6. The molecule has 0 saturated carbocycles. The van der Waals surface area contributed by atoms with Crippen LogP contribution in [0.15, 0.2) is 71.3 Å². The van der Waals surface area contributed by atoms with Gasteiger partial charge in [0, 0.05) is 36.6 Å². The van der Waals surface area contributed by atoms with E-state index in [9.17, 15) is 9.59 Å². The Labute approximate surface area is 259 Å². The van der Waals surface area contributed by atoms with E-state index in [0.717, 1.165) is 64.6 Å². The molecule has 0 aliphatic heterocycles. The zero-order chi connectivity index (χ0) is 31.0. The van der Waals surface area contributed by atoms with Crippen LogP contribution in [0.4, 0.5) is 0 Å². The van der Waals surface area contributed by atoms with Gasteiger partial charge in [0.05, 0.1) is 24.2 Å². The van der Waals surface area contributed by atoms with Crippen molar-refractivity contribution in [1.29, 1.82) is 0 Å². The average molecular weight is 602 g/mol. The minimum absolute atomic E-state index is 0.0456. The van der Waals surface area contributed by atoms with E-state index in [1.54, 1.807) is 0 Å². The van der Waals surface area contributed by atoms with E-state index in [4.69, 9.17) is 14.0 Å². The molecule has 0 radical (unpaired) electrons. The SMILES string of the molecule is CCCc1c(OCCCOc2ccc(C(SC(C)=O)C(=O)C(C)C)cc2)ccc2c(CC(C)(C)c3ccccc3)noc12. The van der Waals surface area contributed by atoms with Crippen LogP contribution in [0.1, 0.15) is 82.0 Å². The quantitative estimate of drug-likeness (QED) is 0.126. The summed E-state index contributed by atoms with van der Waals surface area (Å²) < 4.78 is 18.1. The summed E-state index contributed by atoms with van der Waals surface area (Å²) in [5.41, 5.74) is 4.84. The normalized spacial score (nSPS) is 12.4. The fourth-order valence-corrected chi connectivity index (χ4v) is 6.19. The molecular weight excluding hydrogens is 558 g/mol. The van der Waals surface area contributed by atoms with Crippen molar-refractivity contribution < 1.29 is 23.6 Å². The van der Waals surface area contributed by atoms with E-state index < -0.39 is 5.25 Å². The number of aromatic nitrogens is 1. The van der Waals surface area contributed by atoms with E-state index in [1.165, 1.54) is 12.5 Å². The summed E-state index contributed by atoms with van der Waals surface area (Å²) in [6.07, 6.45) is 3.29. The van der Waals surface area contributed by atoms with Gasteiger partial charge in [-0.1, -0.05) is 100 Å². The maximum atomic E-state index is 12.6. The van der Waals surface area contributed by atoms with Crippen LogP contribution in [0.3, 0.4) is 0 Å². The first-order valence-electron chi connectivity index (χ1n) is 15.1. The molecule has 0 saturated heterocycles. The Hall–Kier alpha value is -3.58. The first-order valence-corrected chi connectivity index (χ1v) is 16.0. The molecule has 0 N–H and O–H groups in total. The Bertz CT molecular complexity index is 1510. The summed E-state index contributed by atoms with van der Waals surface area (Å²) in [4.78, 5) is 24.4. The van der Waals surface area contributed by atoms with E-state index in [1.807, 2.05) is 50.2 Å². The lowest BCUT2D eigenvalue weighted by Gasteiger charge is -2.24. The number of aryl methyl sites for hydroxylation is 1. The maximum absolute atomic E-state index is 12.6. The van der Waals surface area contributed by atoms with Crippen molar-refractivity contribution in [1.82, 2.24) is 5.16 Å². The molecule has 0 spiro atoms. The number of nitrogens with zero attached hydrogens (tertiary/aromatic N) is 1. The fourth-order valence-electron chi connectivity index (χ4n) is 5.18. The van der Waals surface area contributed by atoms with Gasteiger partial charge in [0.15, 0.2) is 16.5 Å². The summed E-state index contributed by atoms with van der Waals surface area (Å²) >= 11 is 1.07. The molecule has 0 amide bonds. The van der Waals surface area contributed by atoms with Gasteiger partial charge in [0.25, 0.3) is 0 Å². The van der Waals surface area contributed by atoms with Crippen molar-refractivity contribution in [3.8, 4) is 11.5 Å².